The summed E-state index contributed by atoms with van der Waals surface area (Å²) in [6.45, 7) is 4.07. The van der Waals surface area contributed by atoms with Gasteiger partial charge >= 0.3 is 0 Å². The molecule has 1 aliphatic rings. The maximum atomic E-state index is 10.7. The number of nitrogens with zero attached hydrogens (tertiary/aromatic N) is 3. The second-order valence-electron chi connectivity index (χ2n) is 3.74. The van der Waals surface area contributed by atoms with Crippen LogP contribution in [0.4, 0.5) is 5.95 Å². The molecule has 2 heterocycles. The topological polar surface area (TPSA) is 46.1 Å². The quantitative estimate of drug-likeness (QED) is 0.701. The smallest absolute Gasteiger partial charge is 0.225 e. The van der Waals surface area contributed by atoms with Crippen molar-refractivity contribution in [3.05, 3.63) is 17.5 Å². The Morgan fingerprint density at radius 3 is 2.80 bits per heavy atom. The van der Waals surface area contributed by atoms with Crippen LogP contribution in [0.5, 0.6) is 0 Å². The molecular formula is C11H15N3O. The average Bonchev–Trinajstić information content (AvgIpc) is 2.81. The molecule has 0 atom stereocenters. The van der Waals surface area contributed by atoms with Gasteiger partial charge in [0.15, 0.2) is 6.29 Å². The van der Waals surface area contributed by atoms with E-state index < -0.39 is 0 Å². The van der Waals surface area contributed by atoms with Crippen molar-refractivity contribution in [1.82, 2.24) is 9.97 Å². The van der Waals surface area contributed by atoms with Crippen LogP contribution in [0.1, 0.15) is 35.8 Å². The number of anilines is 1. The number of carbonyl (C=O) groups excluding carboxylic acids is 1. The highest BCUT2D eigenvalue weighted by Crippen LogP contribution is 2.16. The minimum atomic E-state index is 0.612. The first-order valence-corrected chi connectivity index (χ1v) is 5.41. The molecule has 0 saturated carbocycles. The van der Waals surface area contributed by atoms with Crippen molar-refractivity contribution >= 4 is 12.2 Å². The molecule has 2 rings (SSSR count). The molecule has 1 saturated heterocycles. The highest BCUT2D eigenvalue weighted by molar-refractivity contribution is 5.76. The number of rotatable bonds is 3. The van der Waals surface area contributed by atoms with Gasteiger partial charge < -0.3 is 4.90 Å². The molecule has 1 aliphatic heterocycles. The molecular weight excluding hydrogens is 190 g/mol. The summed E-state index contributed by atoms with van der Waals surface area (Å²) >= 11 is 0. The second-order valence-corrected chi connectivity index (χ2v) is 3.74. The average molecular weight is 205 g/mol. The normalized spacial score (nSPS) is 15.7. The van der Waals surface area contributed by atoms with Crippen LogP contribution in [0.25, 0.3) is 0 Å². The summed E-state index contributed by atoms with van der Waals surface area (Å²) in [5.41, 5.74) is 1.46. The minimum Gasteiger partial charge on any atom is -0.341 e. The van der Waals surface area contributed by atoms with Crippen molar-refractivity contribution < 1.29 is 4.79 Å². The van der Waals surface area contributed by atoms with E-state index in [4.69, 9.17) is 0 Å². The lowest BCUT2D eigenvalue weighted by atomic mass is 10.2. The molecule has 80 valence electrons. The molecule has 0 amide bonds. The van der Waals surface area contributed by atoms with E-state index in [1.54, 1.807) is 6.20 Å². The van der Waals surface area contributed by atoms with Gasteiger partial charge in [-0.1, -0.05) is 6.92 Å². The van der Waals surface area contributed by atoms with E-state index >= 15 is 0 Å². The maximum absolute atomic E-state index is 10.7. The van der Waals surface area contributed by atoms with Gasteiger partial charge in [-0.05, 0) is 19.3 Å². The fraction of sp³-hybridized carbons (Fsp3) is 0.545. The summed E-state index contributed by atoms with van der Waals surface area (Å²) in [5.74, 6) is 0.773. The van der Waals surface area contributed by atoms with Crippen LogP contribution in [0.2, 0.25) is 0 Å². The molecule has 0 unspecified atom stereocenters. The van der Waals surface area contributed by atoms with Gasteiger partial charge in [-0.3, -0.25) is 4.79 Å². The molecule has 0 radical (unpaired) electrons. The van der Waals surface area contributed by atoms with Crippen LogP contribution in [-0.2, 0) is 6.42 Å². The zero-order valence-electron chi connectivity index (χ0n) is 8.94. The van der Waals surface area contributed by atoms with Crippen LogP contribution < -0.4 is 4.90 Å². The summed E-state index contributed by atoms with van der Waals surface area (Å²) < 4.78 is 0. The Bertz CT molecular complexity index is 359. The lowest BCUT2D eigenvalue weighted by Crippen LogP contribution is -2.21. The fourth-order valence-electron chi connectivity index (χ4n) is 1.87. The number of hydrogen-bond acceptors (Lipinski definition) is 4. The molecule has 0 spiro atoms. The van der Waals surface area contributed by atoms with E-state index in [9.17, 15) is 4.79 Å². The van der Waals surface area contributed by atoms with E-state index in [0.717, 1.165) is 37.4 Å². The van der Waals surface area contributed by atoms with Gasteiger partial charge in [-0.2, -0.15) is 0 Å². The first-order valence-electron chi connectivity index (χ1n) is 5.41. The standard InChI is InChI=1S/C11H15N3O/c1-2-10-9(8-15)7-12-11(13-10)14-5-3-4-6-14/h7-8H,2-6H2,1H3. The highest BCUT2D eigenvalue weighted by atomic mass is 16.1. The first kappa shape index (κ1) is 10.1. The number of carbonyl (C=O) groups is 1. The minimum absolute atomic E-state index is 0.612. The molecule has 4 nitrogen and oxygen atoms in total. The summed E-state index contributed by atoms with van der Waals surface area (Å²) in [5, 5.41) is 0. The monoisotopic (exact) mass is 205 g/mol. The molecule has 15 heavy (non-hydrogen) atoms. The molecule has 0 bridgehead atoms. The summed E-state index contributed by atoms with van der Waals surface area (Å²) in [4.78, 5) is 21.6. The number of aldehydes is 1. The third-order valence-corrected chi connectivity index (χ3v) is 2.74. The third kappa shape index (κ3) is 1.98. The number of aromatic nitrogens is 2. The SMILES string of the molecule is CCc1nc(N2CCCC2)ncc1C=O. The Balaban J connectivity index is 2.29. The number of hydrogen-bond donors (Lipinski definition) is 0. The van der Waals surface area contributed by atoms with Gasteiger partial charge in [0, 0.05) is 19.3 Å². The van der Waals surface area contributed by atoms with E-state index in [2.05, 4.69) is 14.9 Å². The van der Waals surface area contributed by atoms with E-state index in [1.165, 1.54) is 12.8 Å². The second kappa shape index (κ2) is 4.38. The van der Waals surface area contributed by atoms with Gasteiger partial charge in [0.2, 0.25) is 5.95 Å². The molecule has 0 aliphatic carbocycles. The maximum Gasteiger partial charge on any atom is 0.225 e. The lowest BCUT2D eigenvalue weighted by Gasteiger charge is -2.15. The Labute approximate surface area is 89.3 Å². The Morgan fingerprint density at radius 1 is 1.47 bits per heavy atom. The van der Waals surface area contributed by atoms with E-state index in [0.29, 0.717) is 5.56 Å². The predicted octanol–water partition coefficient (Wildman–Crippen LogP) is 1.45. The van der Waals surface area contributed by atoms with E-state index in [-0.39, 0.29) is 0 Å². The van der Waals surface area contributed by atoms with Crippen LogP contribution in [0.15, 0.2) is 6.20 Å². The fourth-order valence-corrected chi connectivity index (χ4v) is 1.87. The summed E-state index contributed by atoms with van der Waals surface area (Å²) in [7, 11) is 0. The molecule has 4 heteroatoms. The Kier molecular flexibility index (Phi) is 2.94. The zero-order valence-corrected chi connectivity index (χ0v) is 8.94. The zero-order chi connectivity index (χ0) is 10.7. The Morgan fingerprint density at radius 2 is 2.20 bits per heavy atom. The third-order valence-electron chi connectivity index (χ3n) is 2.74. The van der Waals surface area contributed by atoms with Crippen molar-refractivity contribution in [3.8, 4) is 0 Å². The predicted molar refractivity (Wildman–Crippen MR) is 58.2 cm³/mol. The molecule has 0 N–H and O–H groups in total. The van der Waals surface area contributed by atoms with Gasteiger partial charge in [-0.15, -0.1) is 0 Å². The van der Waals surface area contributed by atoms with Crippen LogP contribution in [0.3, 0.4) is 0 Å². The number of aryl methyl sites for hydroxylation is 1. The molecule has 1 fully saturated rings. The van der Waals surface area contributed by atoms with Crippen LogP contribution in [-0.4, -0.2) is 29.3 Å². The first-order chi connectivity index (χ1) is 7.35. The van der Waals surface area contributed by atoms with Crippen molar-refractivity contribution in [2.45, 2.75) is 26.2 Å². The van der Waals surface area contributed by atoms with Gasteiger partial charge in [-0.25, -0.2) is 9.97 Å². The van der Waals surface area contributed by atoms with Gasteiger partial charge in [0.05, 0.1) is 11.3 Å². The highest BCUT2D eigenvalue weighted by Gasteiger charge is 2.15. The lowest BCUT2D eigenvalue weighted by molar-refractivity contribution is 0.112. The Hall–Kier alpha value is -1.45. The summed E-state index contributed by atoms with van der Waals surface area (Å²) in [6, 6.07) is 0. The van der Waals surface area contributed by atoms with Crippen molar-refractivity contribution in [2.24, 2.45) is 0 Å². The van der Waals surface area contributed by atoms with Crippen molar-refractivity contribution in [1.29, 1.82) is 0 Å². The van der Waals surface area contributed by atoms with Gasteiger partial charge in [0.1, 0.15) is 0 Å². The van der Waals surface area contributed by atoms with Crippen molar-refractivity contribution in [3.63, 3.8) is 0 Å². The van der Waals surface area contributed by atoms with Crippen LogP contribution >= 0.6 is 0 Å². The molecule has 0 aromatic carbocycles. The van der Waals surface area contributed by atoms with Crippen molar-refractivity contribution in [2.75, 3.05) is 18.0 Å². The largest absolute Gasteiger partial charge is 0.341 e. The molecule has 1 aromatic heterocycles. The summed E-state index contributed by atoms with van der Waals surface area (Å²) in [6.07, 6.45) is 5.65. The van der Waals surface area contributed by atoms with Gasteiger partial charge in [0.25, 0.3) is 0 Å². The van der Waals surface area contributed by atoms with Crippen LogP contribution in [0, 0.1) is 0 Å². The molecule has 1 aromatic rings. The van der Waals surface area contributed by atoms with E-state index in [1.807, 2.05) is 6.92 Å².